The van der Waals surface area contributed by atoms with E-state index in [1.54, 1.807) is 42.6 Å². The predicted octanol–water partition coefficient (Wildman–Crippen LogP) is 3.35. The normalized spacial score (nSPS) is 12.5. The van der Waals surface area contributed by atoms with Gasteiger partial charge in [0.05, 0.1) is 12.2 Å². The van der Waals surface area contributed by atoms with Crippen LogP contribution in [-0.2, 0) is 6.54 Å². The maximum absolute atomic E-state index is 13.5. The topological polar surface area (TPSA) is 84.8 Å². The zero-order valence-corrected chi connectivity index (χ0v) is 15.3. The van der Waals surface area contributed by atoms with Gasteiger partial charge in [-0.2, -0.15) is 0 Å². The molecule has 1 amide bonds. The molecule has 0 saturated carbocycles. The number of aliphatic imine (C=N–C) groups is 1. The van der Waals surface area contributed by atoms with Gasteiger partial charge in [0, 0.05) is 17.4 Å². The van der Waals surface area contributed by atoms with Crippen LogP contribution in [-0.4, -0.2) is 23.6 Å². The van der Waals surface area contributed by atoms with Crippen LogP contribution in [0.15, 0.2) is 71.9 Å². The van der Waals surface area contributed by atoms with Crippen molar-refractivity contribution in [3.8, 4) is 11.5 Å². The number of halogens is 1. The Labute approximate surface area is 166 Å². The van der Waals surface area contributed by atoms with Gasteiger partial charge in [0.15, 0.2) is 11.5 Å². The number of rotatable bonds is 4. The predicted molar refractivity (Wildman–Crippen MR) is 105 cm³/mol. The van der Waals surface area contributed by atoms with Crippen molar-refractivity contribution in [3.05, 3.63) is 83.9 Å². The van der Waals surface area contributed by atoms with Gasteiger partial charge in [-0.15, -0.1) is 0 Å². The first kappa shape index (κ1) is 18.4. The first-order valence-corrected chi connectivity index (χ1v) is 8.85. The summed E-state index contributed by atoms with van der Waals surface area (Å²) in [5, 5.41) is 5.65. The van der Waals surface area contributed by atoms with Gasteiger partial charge in [-0.3, -0.25) is 15.1 Å². The summed E-state index contributed by atoms with van der Waals surface area (Å²) >= 11 is 0. The molecule has 2 N–H and O–H groups in total. The Morgan fingerprint density at radius 2 is 1.97 bits per heavy atom. The molecule has 29 heavy (non-hydrogen) atoms. The van der Waals surface area contributed by atoms with Crippen LogP contribution < -0.4 is 20.1 Å². The molecule has 0 saturated heterocycles. The molecule has 7 nitrogen and oxygen atoms in total. The van der Waals surface area contributed by atoms with Gasteiger partial charge in [0.25, 0.3) is 5.91 Å². The third kappa shape index (κ3) is 4.67. The van der Waals surface area contributed by atoms with Gasteiger partial charge in [-0.05, 0) is 48.5 Å². The van der Waals surface area contributed by atoms with Crippen LogP contribution in [0.5, 0.6) is 11.5 Å². The van der Waals surface area contributed by atoms with E-state index in [-0.39, 0.29) is 19.3 Å². The number of hydrogen-bond acceptors (Lipinski definition) is 5. The molecule has 0 spiro atoms. The van der Waals surface area contributed by atoms with Crippen molar-refractivity contribution in [1.29, 1.82) is 0 Å². The minimum Gasteiger partial charge on any atom is -0.454 e. The second-order valence-electron chi connectivity index (χ2n) is 6.14. The number of nitrogens with one attached hydrogen (secondary N) is 2. The summed E-state index contributed by atoms with van der Waals surface area (Å²) < 4.78 is 24.1. The Morgan fingerprint density at radius 3 is 2.79 bits per heavy atom. The number of hydrogen-bond donors (Lipinski definition) is 2. The zero-order chi connectivity index (χ0) is 20.1. The van der Waals surface area contributed by atoms with Crippen LogP contribution in [0.2, 0.25) is 0 Å². The fourth-order valence-electron chi connectivity index (χ4n) is 2.68. The van der Waals surface area contributed by atoms with E-state index >= 15 is 0 Å². The molecule has 0 bridgehead atoms. The van der Waals surface area contributed by atoms with Crippen LogP contribution in [0, 0.1) is 5.82 Å². The summed E-state index contributed by atoms with van der Waals surface area (Å²) in [5.41, 5.74) is 1.56. The van der Waals surface area contributed by atoms with Gasteiger partial charge in [0.1, 0.15) is 5.82 Å². The monoisotopic (exact) mass is 392 g/mol. The SMILES string of the molecule is O=C(NC(=NCc1ccccn1)Nc1cccc(F)c1)c1ccc2c(c1)OCO2. The number of pyridine rings is 1. The highest BCUT2D eigenvalue weighted by atomic mass is 19.1. The van der Waals surface area contributed by atoms with Crippen LogP contribution in [0.3, 0.4) is 0 Å². The van der Waals surface area contributed by atoms with E-state index in [1.807, 2.05) is 12.1 Å². The lowest BCUT2D eigenvalue weighted by Gasteiger charge is -2.12. The smallest absolute Gasteiger partial charge is 0.258 e. The van der Waals surface area contributed by atoms with Gasteiger partial charge < -0.3 is 14.8 Å². The lowest BCUT2D eigenvalue weighted by Crippen LogP contribution is -2.36. The van der Waals surface area contributed by atoms with Crippen LogP contribution in [0.1, 0.15) is 16.1 Å². The van der Waals surface area contributed by atoms with Crippen molar-refractivity contribution >= 4 is 17.6 Å². The molecule has 1 aliphatic rings. The molecule has 0 fully saturated rings. The van der Waals surface area contributed by atoms with Crippen molar-refractivity contribution in [3.63, 3.8) is 0 Å². The van der Waals surface area contributed by atoms with E-state index in [9.17, 15) is 9.18 Å². The number of ether oxygens (including phenoxy) is 2. The average molecular weight is 392 g/mol. The molecule has 3 aromatic rings. The Morgan fingerprint density at radius 1 is 1.07 bits per heavy atom. The lowest BCUT2D eigenvalue weighted by atomic mass is 10.2. The largest absolute Gasteiger partial charge is 0.454 e. The average Bonchev–Trinajstić information content (AvgIpc) is 3.20. The summed E-state index contributed by atoms with van der Waals surface area (Å²) in [6, 6.07) is 16.2. The highest BCUT2D eigenvalue weighted by Gasteiger charge is 2.17. The highest BCUT2D eigenvalue weighted by Crippen LogP contribution is 2.32. The first-order chi connectivity index (χ1) is 14.2. The van der Waals surface area contributed by atoms with Crippen molar-refractivity contribution in [2.75, 3.05) is 12.1 Å². The summed E-state index contributed by atoms with van der Waals surface area (Å²) in [6.45, 7) is 0.359. The molecule has 0 aliphatic carbocycles. The number of carbonyl (C=O) groups is 1. The fourth-order valence-corrected chi connectivity index (χ4v) is 2.68. The molecule has 2 heterocycles. The second kappa shape index (κ2) is 8.39. The van der Waals surface area contributed by atoms with Crippen molar-refractivity contribution in [2.45, 2.75) is 6.54 Å². The Balaban J connectivity index is 1.54. The fraction of sp³-hybridized carbons (Fsp3) is 0.0952. The molecule has 4 rings (SSSR count). The minimum absolute atomic E-state index is 0.123. The molecular formula is C21H17FN4O3. The van der Waals surface area contributed by atoms with Crippen molar-refractivity contribution in [1.82, 2.24) is 10.3 Å². The van der Waals surface area contributed by atoms with E-state index < -0.39 is 11.7 Å². The molecule has 8 heteroatoms. The first-order valence-electron chi connectivity index (χ1n) is 8.85. The number of carbonyl (C=O) groups excluding carboxylic acids is 1. The van der Waals surface area contributed by atoms with E-state index in [4.69, 9.17) is 9.47 Å². The summed E-state index contributed by atoms with van der Waals surface area (Å²) in [5.74, 6) is 0.461. The Hall–Kier alpha value is -3.94. The molecule has 1 aromatic heterocycles. The van der Waals surface area contributed by atoms with Crippen molar-refractivity contribution < 1.29 is 18.7 Å². The van der Waals surface area contributed by atoms with E-state index in [0.717, 1.165) is 5.69 Å². The molecule has 1 aliphatic heterocycles. The van der Waals surface area contributed by atoms with Gasteiger partial charge in [-0.25, -0.2) is 9.38 Å². The van der Waals surface area contributed by atoms with Crippen LogP contribution in [0.25, 0.3) is 0 Å². The van der Waals surface area contributed by atoms with Crippen LogP contribution in [0.4, 0.5) is 10.1 Å². The second-order valence-corrected chi connectivity index (χ2v) is 6.14. The summed E-state index contributed by atoms with van der Waals surface area (Å²) in [4.78, 5) is 21.3. The van der Waals surface area contributed by atoms with Crippen LogP contribution >= 0.6 is 0 Å². The number of aromatic nitrogens is 1. The molecule has 2 aromatic carbocycles. The zero-order valence-electron chi connectivity index (χ0n) is 15.3. The molecule has 0 unspecified atom stereocenters. The van der Waals surface area contributed by atoms with E-state index in [1.165, 1.54) is 12.1 Å². The number of anilines is 1. The maximum Gasteiger partial charge on any atom is 0.258 e. The number of guanidine groups is 1. The maximum atomic E-state index is 13.5. The number of fused-ring (bicyclic) bond motifs is 1. The number of benzene rings is 2. The third-order valence-corrected chi connectivity index (χ3v) is 4.08. The lowest BCUT2D eigenvalue weighted by molar-refractivity contribution is 0.0976. The number of amides is 1. The van der Waals surface area contributed by atoms with E-state index in [0.29, 0.717) is 22.7 Å². The van der Waals surface area contributed by atoms with Gasteiger partial charge >= 0.3 is 0 Å². The van der Waals surface area contributed by atoms with E-state index in [2.05, 4.69) is 20.6 Å². The standard InChI is InChI=1S/C21H17FN4O3/c22-15-4-3-6-16(11-15)25-21(24-12-17-5-1-2-9-23-17)26-20(27)14-7-8-18-19(10-14)29-13-28-18/h1-11H,12-13H2,(H2,24,25,26,27). The molecule has 146 valence electrons. The van der Waals surface area contributed by atoms with Gasteiger partial charge in [0.2, 0.25) is 12.8 Å². The number of nitrogens with zero attached hydrogens (tertiary/aromatic N) is 2. The summed E-state index contributed by atoms with van der Waals surface area (Å²) in [6.07, 6.45) is 1.66. The Kier molecular flexibility index (Phi) is 5.33. The Bertz CT molecular complexity index is 1060. The van der Waals surface area contributed by atoms with Gasteiger partial charge in [-0.1, -0.05) is 12.1 Å². The molecule has 0 radical (unpaired) electrons. The summed E-state index contributed by atoms with van der Waals surface area (Å²) in [7, 11) is 0. The highest BCUT2D eigenvalue weighted by molar-refractivity contribution is 6.10. The third-order valence-electron chi connectivity index (χ3n) is 4.08. The quantitative estimate of drug-likeness (QED) is 0.525. The van der Waals surface area contributed by atoms with Crippen molar-refractivity contribution in [2.24, 2.45) is 4.99 Å². The molecule has 0 atom stereocenters. The minimum atomic E-state index is -0.402. The molecular weight excluding hydrogens is 375 g/mol.